The summed E-state index contributed by atoms with van der Waals surface area (Å²) >= 11 is 6.21. The second-order valence-corrected chi connectivity index (χ2v) is 8.88. The number of ether oxygens (including phenoxy) is 1. The predicted octanol–water partition coefficient (Wildman–Crippen LogP) is 2.67. The number of rotatable bonds is 8. The number of benzene rings is 1. The molecular formula is C18H30ClIN4O3S. The maximum absolute atomic E-state index is 12.1. The summed E-state index contributed by atoms with van der Waals surface area (Å²) in [6.07, 6.45) is 3.01. The fraction of sp³-hybridized carbons (Fsp3) is 0.611. The quantitative estimate of drug-likeness (QED) is 0.266. The first-order valence-electron chi connectivity index (χ1n) is 9.22. The molecular weight excluding hydrogens is 515 g/mol. The van der Waals surface area contributed by atoms with E-state index in [1.807, 2.05) is 31.2 Å². The Morgan fingerprint density at radius 3 is 2.75 bits per heavy atom. The van der Waals surface area contributed by atoms with Crippen LogP contribution in [-0.4, -0.2) is 53.0 Å². The van der Waals surface area contributed by atoms with Crippen LogP contribution < -0.4 is 15.4 Å². The molecule has 1 heterocycles. The number of nitrogens with zero attached hydrogens (tertiary/aromatic N) is 1. The van der Waals surface area contributed by atoms with Gasteiger partial charge < -0.3 is 15.4 Å². The Morgan fingerprint density at radius 2 is 2.11 bits per heavy atom. The molecule has 1 saturated heterocycles. The first-order chi connectivity index (χ1) is 12.9. The van der Waals surface area contributed by atoms with Crippen molar-refractivity contribution in [3.63, 3.8) is 0 Å². The number of hydrogen-bond acceptors (Lipinski definition) is 4. The monoisotopic (exact) mass is 544 g/mol. The van der Waals surface area contributed by atoms with Crippen molar-refractivity contribution in [2.75, 3.05) is 32.5 Å². The fourth-order valence-corrected chi connectivity index (χ4v) is 4.12. The highest BCUT2D eigenvalue weighted by Gasteiger charge is 2.18. The zero-order chi connectivity index (χ0) is 19.7. The van der Waals surface area contributed by atoms with E-state index in [9.17, 15) is 8.42 Å². The normalized spacial score (nSPS) is 18.8. The molecule has 0 saturated carbocycles. The molecule has 1 aliphatic rings. The van der Waals surface area contributed by atoms with Crippen LogP contribution in [0.1, 0.15) is 37.8 Å². The van der Waals surface area contributed by atoms with E-state index in [0.717, 1.165) is 24.8 Å². The second-order valence-electron chi connectivity index (χ2n) is 6.54. The molecule has 0 bridgehead atoms. The van der Waals surface area contributed by atoms with Crippen molar-refractivity contribution in [1.82, 2.24) is 15.4 Å². The summed E-state index contributed by atoms with van der Waals surface area (Å²) < 4.78 is 32.5. The van der Waals surface area contributed by atoms with Gasteiger partial charge in [-0.15, -0.1) is 24.0 Å². The minimum Gasteiger partial charge on any atom is -0.377 e. The van der Waals surface area contributed by atoms with Crippen LogP contribution in [0.3, 0.4) is 0 Å². The molecule has 3 N–H and O–H groups in total. The van der Waals surface area contributed by atoms with Crippen LogP contribution in [-0.2, 0) is 14.8 Å². The molecule has 160 valence electrons. The Labute approximate surface area is 190 Å². The van der Waals surface area contributed by atoms with Crippen LogP contribution in [0.25, 0.3) is 0 Å². The van der Waals surface area contributed by atoms with Crippen molar-refractivity contribution < 1.29 is 13.2 Å². The molecule has 0 radical (unpaired) electrons. The van der Waals surface area contributed by atoms with E-state index in [2.05, 4.69) is 20.3 Å². The molecule has 2 rings (SSSR count). The van der Waals surface area contributed by atoms with Gasteiger partial charge in [0.1, 0.15) is 0 Å². The van der Waals surface area contributed by atoms with Gasteiger partial charge in [0, 0.05) is 31.8 Å². The van der Waals surface area contributed by atoms with Gasteiger partial charge in [0.25, 0.3) is 0 Å². The van der Waals surface area contributed by atoms with Gasteiger partial charge in [0.05, 0.1) is 17.9 Å². The number of halogens is 2. The van der Waals surface area contributed by atoms with Crippen molar-refractivity contribution in [3.8, 4) is 0 Å². The van der Waals surface area contributed by atoms with Crippen molar-refractivity contribution in [3.05, 3.63) is 34.9 Å². The van der Waals surface area contributed by atoms with E-state index in [0.29, 0.717) is 24.1 Å². The Balaban J connectivity index is 0.00000392. The lowest BCUT2D eigenvalue weighted by Gasteiger charge is -2.23. The standard InChI is InChI=1S/C18H29ClN4O3S.HI/c1-14(16-8-3-4-9-17(16)19)23-18(20-2)21-10-12-27(24,25)22-13-15-7-5-6-11-26-15;/h3-4,8-9,14-15,22H,5-7,10-13H2,1-2H3,(H2,20,21,23);1H. The van der Waals surface area contributed by atoms with Crippen molar-refractivity contribution in [2.45, 2.75) is 38.3 Å². The Morgan fingerprint density at radius 1 is 1.36 bits per heavy atom. The topological polar surface area (TPSA) is 91.8 Å². The molecule has 1 aromatic carbocycles. The molecule has 28 heavy (non-hydrogen) atoms. The zero-order valence-electron chi connectivity index (χ0n) is 16.3. The smallest absolute Gasteiger partial charge is 0.213 e. The van der Waals surface area contributed by atoms with E-state index in [-0.39, 0.29) is 48.4 Å². The summed E-state index contributed by atoms with van der Waals surface area (Å²) in [7, 11) is -1.73. The number of nitrogens with one attached hydrogen (secondary N) is 3. The van der Waals surface area contributed by atoms with Crippen LogP contribution in [0.2, 0.25) is 5.02 Å². The molecule has 1 aliphatic heterocycles. The van der Waals surface area contributed by atoms with Crippen LogP contribution in [0.15, 0.2) is 29.3 Å². The van der Waals surface area contributed by atoms with Gasteiger partial charge in [0.2, 0.25) is 10.0 Å². The average molecular weight is 545 g/mol. The van der Waals surface area contributed by atoms with Gasteiger partial charge in [-0.1, -0.05) is 29.8 Å². The first kappa shape index (κ1) is 25.4. The van der Waals surface area contributed by atoms with Crippen LogP contribution in [0.5, 0.6) is 0 Å². The summed E-state index contributed by atoms with van der Waals surface area (Å²) in [4.78, 5) is 4.14. The molecule has 0 aromatic heterocycles. The Kier molecular flexibility index (Phi) is 11.7. The van der Waals surface area contributed by atoms with Gasteiger partial charge in [0.15, 0.2) is 5.96 Å². The fourth-order valence-electron chi connectivity index (χ4n) is 2.87. The van der Waals surface area contributed by atoms with Gasteiger partial charge >= 0.3 is 0 Å². The first-order valence-corrected chi connectivity index (χ1v) is 11.2. The van der Waals surface area contributed by atoms with Crippen LogP contribution >= 0.6 is 35.6 Å². The highest BCUT2D eigenvalue weighted by atomic mass is 127. The SMILES string of the molecule is CN=C(NCCS(=O)(=O)NCC1CCCCO1)NC(C)c1ccccc1Cl.I. The molecule has 2 atom stereocenters. The van der Waals surface area contributed by atoms with Crippen molar-refractivity contribution in [2.24, 2.45) is 4.99 Å². The van der Waals surface area contributed by atoms with E-state index in [4.69, 9.17) is 16.3 Å². The van der Waals surface area contributed by atoms with E-state index >= 15 is 0 Å². The van der Waals surface area contributed by atoms with E-state index in [1.165, 1.54) is 0 Å². The third kappa shape index (κ3) is 8.81. The van der Waals surface area contributed by atoms with Gasteiger partial charge in [-0.2, -0.15) is 0 Å². The Hall–Kier alpha value is -0.620. The maximum Gasteiger partial charge on any atom is 0.213 e. The average Bonchev–Trinajstić information content (AvgIpc) is 2.66. The molecule has 10 heteroatoms. The van der Waals surface area contributed by atoms with Crippen LogP contribution in [0, 0.1) is 0 Å². The summed E-state index contributed by atoms with van der Waals surface area (Å²) in [6, 6.07) is 7.50. The molecule has 2 unspecified atom stereocenters. The number of guanidine groups is 1. The molecule has 1 aromatic rings. The molecule has 0 aliphatic carbocycles. The lowest BCUT2D eigenvalue weighted by atomic mass is 10.1. The third-order valence-corrected chi connectivity index (χ3v) is 6.11. The van der Waals surface area contributed by atoms with Gasteiger partial charge in [-0.05, 0) is 37.8 Å². The van der Waals surface area contributed by atoms with Crippen molar-refractivity contribution in [1.29, 1.82) is 0 Å². The lowest BCUT2D eigenvalue weighted by Crippen LogP contribution is -2.43. The predicted molar refractivity (Wildman–Crippen MR) is 125 cm³/mol. The minimum absolute atomic E-state index is 0. The Bertz CT molecular complexity index is 727. The van der Waals surface area contributed by atoms with Gasteiger partial charge in [-0.25, -0.2) is 13.1 Å². The van der Waals surface area contributed by atoms with Crippen molar-refractivity contribution >= 4 is 51.6 Å². The van der Waals surface area contributed by atoms with E-state index < -0.39 is 10.0 Å². The molecule has 0 amide bonds. The lowest BCUT2D eigenvalue weighted by molar-refractivity contribution is 0.0200. The second kappa shape index (κ2) is 12.8. The zero-order valence-corrected chi connectivity index (χ0v) is 20.2. The highest BCUT2D eigenvalue weighted by Crippen LogP contribution is 2.21. The molecule has 1 fully saturated rings. The summed E-state index contributed by atoms with van der Waals surface area (Å²) in [5.74, 6) is 0.481. The van der Waals surface area contributed by atoms with Crippen LogP contribution in [0.4, 0.5) is 0 Å². The number of aliphatic imine (C=N–C) groups is 1. The summed E-state index contributed by atoms with van der Waals surface area (Å²) in [6.45, 7) is 3.25. The number of hydrogen-bond donors (Lipinski definition) is 3. The molecule has 0 spiro atoms. The van der Waals surface area contributed by atoms with E-state index in [1.54, 1.807) is 7.05 Å². The summed E-state index contributed by atoms with van der Waals surface area (Å²) in [5.41, 5.74) is 0.948. The largest absolute Gasteiger partial charge is 0.377 e. The highest BCUT2D eigenvalue weighted by molar-refractivity contribution is 14.0. The maximum atomic E-state index is 12.1. The minimum atomic E-state index is -3.37. The third-order valence-electron chi connectivity index (χ3n) is 4.42. The van der Waals surface area contributed by atoms with Gasteiger partial charge in [-0.3, -0.25) is 4.99 Å². The summed E-state index contributed by atoms with van der Waals surface area (Å²) in [5, 5.41) is 6.91. The molecule has 7 nitrogen and oxygen atoms in total. The number of sulfonamides is 1.